The number of hydrogen-bond donors (Lipinski definition) is 1. The zero-order chi connectivity index (χ0) is 14.3. The summed E-state index contributed by atoms with van der Waals surface area (Å²) < 4.78 is 5.10. The number of aliphatic imine (C=N–C) groups is 1. The monoisotopic (exact) mass is 279 g/mol. The minimum Gasteiger partial charge on any atom is -0.497 e. The lowest BCUT2D eigenvalue weighted by molar-refractivity contribution is 0.415. The van der Waals surface area contributed by atoms with Crippen molar-refractivity contribution in [3.05, 3.63) is 24.3 Å². The minimum atomic E-state index is 0.467. The molecular weight excluding hydrogens is 258 g/mol. The average molecular weight is 279 g/mol. The van der Waals surface area contributed by atoms with Crippen molar-refractivity contribution in [3.63, 3.8) is 0 Å². The van der Waals surface area contributed by atoms with Crippen molar-refractivity contribution in [3.8, 4) is 5.75 Å². The summed E-state index contributed by atoms with van der Waals surface area (Å²) >= 11 is 5.23. The first kappa shape index (κ1) is 15.4. The van der Waals surface area contributed by atoms with Crippen LogP contribution >= 0.6 is 12.2 Å². The maximum absolute atomic E-state index is 5.23. The average Bonchev–Trinajstić information content (AvgIpc) is 2.40. The highest BCUT2D eigenvalue weighted by Crippen LogP contribution is 2.15. The molecular formula is C14H21N3OS. The molecule has 0 radical (unpaired) electrons. The summed E-state index contributed by atoms with van der Waals surface area (Å²) in [7, 11) is 1.64. The Hall–Kier alpha value is -1.62. The van der Waals surface area contributed by atoms with Crippen LogP contribution in [-0.4, -0.2) is 36.0 Å². The molecule has 0 spiro atoms. The number of nitrogens with zero attached hydrogens (tertiary/aromatic N) is 2. The van der Waals surface area contributed by atoms with Crippen molar-refractivity contribution in [1.82, 2.24) is 4.90 Å². The third-order valence-electron chi connectivity index (χ3n) is 2.83. The number of methoxy groups -OCH3 is 1. The van der Waals surface area contributed by atoms with E-state index in [2.05, 4.69) is 29.1 Å². The number of hydrogen-bond acceptors (Lipinski definition) is 2. The normalized spacial score (nSPS) is 11.1. The van der Waals surface area contributed by atoms with Gasteiger partial charge in [0.1, 0.15) is 11.6 Å². The van der Waals surface area contributed by atoms with Crippen LogP contribution in [0.1, 0.15) is 20.8 Å². The van der Waals surface area contributed by atoms with E-state index in [1.807, 2.05) is 31.2 Å². The van der Waals surface area contributed by atoms with E-state index in [0.717, 1.165) is 30.4 Å². The third kappa shape index (κ3) is 4.87. The molecule has 0 aliphatic carbocycles. The first-order chi connectivity index (χ1) is 9.10. The van der Waals surface area contributed by atoms with E-state index in [1.54, 1.807) is 7.11 Å². The van der Waals surface area contributed by atoms with E-state index in [-0.39, 0.29) is 0 Å². The first-order valence-electron chi connectivity index (χ1n) is 6.36. The fraction of sp³-hybridized carbons (Fsp3) is 0.429. The van der Waals surface area contributed by atoms with E-state index >= 15 is 0 Å². The lowest BCUT2D eigenvalue weighted by atomic mass is 10.3. The maximum Gasteiger partial charge on any atom is 0.198 e. The number of benzene rings is 1. The lowest BCUT2D eigenvalue weighted by Gasteiger charge is -2.20. The molecule has 0 bridgehead atoms. The Labute approximate surface area is 120 Å². The van der Waals surface area contributed by atoms with E-state index in [9.17, 15) is 0 Å². The Morgan fingerprint density at radius 3 is 2.32 bits per heavy atom. The van der Waals surface area contributed by atoms with Crippen LogP contribution in [0, 0.1) is 0 Å². The van der Waals surface area contributed by atoms with Crippen LogP contribution in [0.5, 0.6) is 5.75 Å². The molecule has 19 heavy (non-hydrogen) atoms. The molecule has 0 atom stereocenters. The number of rotatable bonds is 4. The van der Waals surface area contributed by atoms with Gasteiger partial charge in [0.25, 0.3) is 0 Å². The number of amidine groups is 1. The van der Waals surface area contributed by atoms with Crippen molar-refractivity contribution < 1.29 is 4.74 Å². The fourth-order valence-electron chi connectivity index (χ4n) is 1.72. The largest absolute Gasteiger partial charge is 0.497 e. The van der Waals surface area contributed by atoms with Crippen molar-refractivity contribution in [2.45, 2.75) is 20.8 Å². The summed E-state index contributed by atoms with van der Waals surface area (Å²) in [5, 5.41) is 3.56. The number of nitrogens with one attached hydrogen (secondary N) is 1. The minimum absolute atomic E-state index is 0.467. The quantitative estimate of drug-likeness (QED) is 0.522. The molecule has 0 heterocycles. The Morgan fingerprint density at radius 1 is 1.26 bits per heavy atom. The van der Waals surface area contributed by atoms with Gasteiger partial charge in [-0.2, -0.15) is 0 Å². The van der Waals surface area contributed by atoms with Gasteiger partial charge in [-0.05, 0) is 57.3 Å². The van der Waals surface area contributed by atoms with E-state index < -0.39 is 0 Å². The molecule has 1 N–H and O–H groups in total. The lowest BCUT2D eigenvalue weighted by Crippen LogP contribution is -2.29. The molecule has 1 aromatic carbocycles. The molecule has 1 rings (SSSR count). The highest BCUT2D eigenvalue weighted by atomic mass is 32.1. The molecule has 0 saturated carbocycles. The molecule has 5 heteroatoms. The van der Waals surface area contributed by atoms with Gasteiger partial charge in [-0.3, -0.25) is 0 Å². The summed E-state index contributed by atoms with van der Waals surface area (Å²) in [5.41, 5.74) is 0.905. The second-order valence-corrected chi connectivity index (χ2v) is 4.38. The molecule has 0 fully saturated rings. The Morgan fingerprint density at radius 2 is 1.84 bits per heavy atom. The van der Waals surface area contributed by atoms with Crippen LogP contribution in [0.2, 0.25) is 0 Å². The molecule has 4 nitrogen and oxygen atoms in total. The maximum atomic E-state index is 5.23. The molecule has 0 amide bonds. The van der Waals surface area contributed by atoms with Gasteiger partial charge in [0.15, 0.2) is 5.11 Å². The van der Waals surface area contributed by atoms with Gasteiger partial charge >= 0.3 is 0 Å². The highest BCUT2D eigenvalue weighted by Gasteiger charge is 2.03. The Bertz CT molecular complexity index is 439. The zero-order valence-electron chi connectivity index (χ0n) is 11.9. The number of anilines is 1. The van der Waals surface area contributed by atoms with Crippen LogP contribution in [-0.2, 0) is 0 Å². The number of ether oxygens (including phenoxy) is 1. The van der Waals surface area contributed by atoms with Crippen molar-refractivity contribution in [2.75, 3.05) is 25.5 Å². The van der Waals surface area contributed by atoms with Crippen molar-refractivity contribution in [2.24, 2.45) is 4.99 Å². The fourth-order valence-corrected chi connectivity index (χ4v) is 1.97. The van der Waals surface area contributed by atoms with Gasteiger partial charge in [0.05, 0.1) is 7.11 Å². The summed E-state index contributed by atoms with van der Waals surface area (Å²) in [6.07, 6.45) is 0. The highest BCUT2D eigenvalue weighted by molar-refractivity contribution is 7.80. The standard InChI is InChI=1S/C14H21N3OS/c1-5-17(6-2)11(3)15-14(19)16-12-7-9-13(18-4)10-8-12/h7-10H,5-6H2,1-4H3,(H,16,19)/b15-11+. The molecule has 0 aliphatic heterocycles. The smallest absolute Gasteiger partial charge is 0.198 e. The Balaban J connectivity index is 2.65. The SMILES string of the molecule is CCN(CC)/C(C)=N/C(=S)Nc1ccc(OC)cc1. The topological polar surface area (TPSA) is 36.9 Å². The van der Waals surface area contributed by atoms with E-state index in [4.69, 9.17) is 17.0 Å². The predicted molar refractivity (Wildman–Crippen MR) is 85.2 cm³/mol. The van der Waals surface area contributed by atoms with Gasteiger partial charge in [0.2, 0.25) is 0 Å². The summed E-state index contributed by atoms with van der Waals surface area (Å²) in [6.45, 7) is 8.02. The van der Waals surface area contributed by atoms with Crippen LogP contribution in [0.25, 0.3) is 0 Å². The molecule has 0 unspecified atom stereocenters. The third-order valence-corrected chi connectivity index (χ3v) is 3.02. The zero-order valence-corrected chi connectivity index (χ0v) is 12.8. The summed E-state index contributed by atoms with van der Waals surface area (Å²) in [5.74, 6) is 1.75. The summed E-state index contributed by atoms with van der Waals surface area (Å²) in [6, 6.07) is 7.58. The van der Waals surface area contributed by atoms with Gasteiger partial charge in [-0.25, -0.2) is 4.99 Å². The second kappa shape index (κ2) is 7.74. The van der Waals surface area contributed by atoms with Crippen LogP contribution < -0.4 is 10.1 Å². The van der Waals surface area contributed by atoms with Crippen LogP contribution in [0.15, 0.2) is 29.3 Å². The number of thiocarbonyl (C=S) groups is 1. The molecule has 1 aromatic rings. The van der Waals surface area contributed by atoms with Gasteiger partial charge < -0.3 is 15.0 Å². The Kier molecular flexibility index (Phi) is 6.29. The first-order valence-corrected chi connectivity index (χ1v) is 6.76. The van der Waals surface area contributed by atoms with Gasteiger partial charge in [-0.15, -0.1) is 0 Å². The van der Waals surface area contributed by atoms with E-state index in [1.165, 1.54) is 0 Å². The molecule has 0 aromatic heterocycles. The molecule has 0 saturated heterocycles. The van der Waals surface area contributed by atoms with E-state index in [0.29, 0.717) is 5.11 Å². The van der Waals surface area contributed by atoms with Gasteiger partial charge in [-0.1, -0.05) is 0 Å². The van der Waals surface area contributed by atoms with Crippen molar-refractivity contribution in [1.29, 1.82) is 0 Å². The molecule has 0 aliphatic rings. The van der Waals surface area contributed by atoms with Crippen LogP contribution in [0.3, 0.4) is 0 Å². The van der Waals surface area contributed by atoms with Gasteiger partial charge in [0, 0.05) is 18.8 Å². The molecule has 104 valence electrons. The summed E-state index contributed by atoms with van der Waals surface area (Å²) in [4.78, 5) is 6.54. The van der Waals surface area contributed by atoms with Crippen molar-refractivity contribution >= 4 is 28.9 Å². The van der Waals surface area contributed by atoms with Crippen LogP contribution in [0.4, 0.5) is 5.69 Å². The second-order valence-electron chi connectivity index (χ2n) is 3.99. The predicted octanol–water partition coefficient (Wildman–Crippen LogP) is 3.15.